The quantitative estimate of drug-likeness (QED) is 0.781. The smallest absolute Gasteiger partial charge is 0.251 e. The highest BCUT2D eigenvalue weighted by Crippen LogP contribution is 2.11. The molecule has 0 aliphatic carbocycles. The number of anilines is 1. The molecule has 0 unspecified atom stereocenters. The highest BCUT2D eigenvalue weighted by Gasteiger charge is 2.03. The van der Waals surface area contributed by atoms with Crippen LogP contribution in [0.15, 0.2) is 59.9 Å². The molecule has 0 fully saturated rings. The summed E-state index contributed by atoms with van der Waals surface area (Å²) >= 11 is 0. The van der Waals surface area contributed by atoms with E-state index < -0.39 is 0 Å². The fourth-order valence-electron chi connectivity index (χ4n) is 1.60. The topological polar surface area (TPSA) is 54.3 Å². The van der Waals surface area contributed by atoms with Crippen molar-refractivity contribution in [3.05, 3.63) is 66.6 Å². The summed E-state index contributed by atoms with van der Waals surface area (Å²) in [6, 6.07) is 9.24. The number of carbonyl (C=O) groups is 1. The monoisotopic (exact) mass is 256 g/mol. The zero-order valence-corrected chi connectivity index (χ0v) is 10.6. The average Bonchev–Trinajstić information content (AvgIpc) is 2.96. The standard InChI is InChI=1S/C15H16N2O2/c1-2-8-16-15(18)13-3-5-14(6-4-13)17-10-12-7-9-19-11-12/h2-7,9,11,17H,1,8,10H2,(H,16,18). The first-order valence-corrected chi connectivity index (χ1v) is 6.03. The molecule has 0 spiro atoms. The van der Waals surface area contributed by atoms with Crippen molar-refractivity contribution in [1.29, 1.82) is 0 Å². The molecular formula is C15H16N2O2. The molecule has 0 saturated heterocycles. The van der Waals surface area contributed by atoms with Gasteiger partial charge in [-0.25, -0.2) is 0 Å². The van der Waals surface area contributed by atoms with Gasteiger partial charge >= 0.3 is 0 Å². The summed E-state index contributed by atoms with van der Waals surface area (Å²) in [6.45, 7) is 4.72. The Hall–Kier alpha value is -2.49. The molecule has 0 saturated carbocycles. The van der Waals surface area contributed by atoms with Crippen molar-refractivity contribution in [2.45, 2.75) is 6.54 Å². The number of hydrogen-bond donors (Lipinski definition) is 2. The number of nitrogens with one attached hydrogen (secondary N) is 2. The van der Waals surface area contributed by atoms with Crippen molar-refractivity contribution in [2.24, 2.45) is 0 Å². The summed E-state index contributed by atoms with van der Waals surface area (Å²) in [5.41, 5.74) is 2.67. The fourth-order valence-corrected chi connectivity index (χ4v) is 1.60. The number of furan rings is 1. The van der Waals surface area contributed by atoms with E-state index in [0.717, 1.165) is 11.3 Å². The molecule has 2 aromatic rings. The number of hydrogen-bond acceptors (Lipinski definition) is 3. The molecule has 19 heavy (non-hydrogen) atoms. The van der Waals surface area contributed by atoms with Crippen LogP contribution in [0.5, 0.6) is 0 Å². The molecular weight excluding hydrogens is 240 g/mol. The van der Waals surface area contributed by atoms with Crippen molar-refractivity contribution >= 4 is 11.6 Å². The lowest BCUT2D eigenvalue weighted by Gasteiger charge is -2.06. The molecule has 2 N–H and O–H groups in total. The van der Waals surface area contributed by atoms with Crippen LogP contribution in [0.3, 0.4) is 0 Å². The minimum Gasteiger partial charge on any atom is -0.472 e. The van der Waals surface area contributed by atoms with Crippen LogP contribution in [0.4, 0.5) is 5.69 Å². The summed E-state index contributed by atoms with van der Waals surface area (Å²) in [6.07, 6.45) is 4.99. The van der Waals surface area contributed by atoms with E-state index in [1.54, 1.807) is 30.7 Å². The second kappa shape index (κ2) is 6.44. The van der Waals surface area contributed by atoms with Crippen molar-refractivity contribution in [3.8, 4) is 0 Å². The van der Waals surface area contributed by atoms with E-state index in [2.05, 4.69) is 17.2 Å². The normalized spacial score (nSPS) is 9.89. The highest BCUT2D eigenvalue weighted by molar-refractivity contribution is 5.94. The lowest BCUT2D eigenvalue weighted by atomic mass is 10.2. The van der Waals surface area contributed by atoms with Crippen LogP contribution in [0.2, 0.25) is 0 Å². The zero-order valence-electron chi connectivity index (χ0n) is 10.6. The Bertz CT molecular complexity index is 530. The van der Waals surface area contributed by atoms with Gasteiger partial charge in [-0.15, -0.1) is 6.58 Å². The van der Waals surface area contributed by atoms with Crippen LogP contribution < -0.4 is 10.6 Å². The van der Waals surface area contributed by atoms with Crippen molar-refractivity contribution in [1.82, 2.24) is 5.32 Å². The summed E-state index contributed by atoms with van der Waals surface area (Å²) < 4.78 is 4.99. The second-order valence-electron chi connectivity index (χ2n) is 4.06. The van der Waals surface area contributed by atoms with Gasteiger partial charge in [0.1, 0.15) is 0 Å². The molecule has 2 rings (SSSR count). The molecule has 0 atom stereocenters. The summed E-state index contributed by atoms with van der Waals surface area (Å²) in [4.78, 5) is 11.7. The van der Waals surface area contributed by atoms with Gasteiger partial charge in [-0.3, -0.25) is 4.79 Å². The molecule has 1 amide bonds. The van der Waals surface area contributed by atoms with E-state index in [4.69, 9.17) is 4.42 Å². The lowest BCUT2D eigenvalue weighted by molar-refractivity contribution is 0.0958. The largest absolute Gasteiger partial charge is 0.472 e. The Morgan fingerprint density at radius 3 is 2.68 bits per heavy atom. The molecule has 1 heterocycles. The van der Waals surface area contributed by atoms with Crippen molar-refractivity contribution in [2.75, 3.05) is 11.9 Å². The van der Waals surface area contributed by atoms with Crippen LogP contribution in [0, 0.1) is 0 Å². The van der Waals surface area contributed by atoms with Gasteiger partial charge in [0.25, 0.3) is 5.91 Å². The summed E-state index contributed by atoms with van der Waals surface area (Å²) in [5.74, 6) is -0.0960. The Morgan fingerprint density at radius 1 is 1.26 bits per heavy atom. The number of amides is 1. The minimum atomic E-state index is -0.0960. The number of rotatable bonds is 6. The van der Waals surface area contributed by atoms with E-state index in [1.807, 2.05) is 18.2 Å². The number of carbonyl (C=O) groups excluding carboxylic acids is 1. The van der Waals surface area contributed by atoms with Crippen molar-refractivity contribution < 1.29 is 9.21 Å². The van der Waals surface area contributed by atoms with Crippen molar-refractivity contribution in [3.63, 3.8) is 0 Å². The van der Waals surface area contributed by atoms with Crippen LogP contribution in [-0.2, 0) is 6.54 Å². The average molecular weight is 256 g/mol. The molecule has 0 radical (unpaired) electrons. The zero-order chi connectivity index (χ0) is 13.5. The Labute approximate surface area is 112 Å². The van der Waals surface area contributed by atoms with Gasteiger partial charge in [-0.1, -0.05) is 6.08 Å². The third-order valence-electron chi connectivity index (χ3n) is 2.63. The maximum Gasteiger partial charge on any atom is 0.251 e. The first-order chi connectivity index (χ1) is 9.29. The Kier molecular flexibility index (Phi) is 4.39. The van der Waals surface area contributed by atoms with E-state index >= 15 is 0 Å². The van der Waals surface area contributed by atoms with Gasteiger partial charge in [-0.05, 0) is 30.3 Å². The molecule has 0 bridgehead atoms. The van der Waals surface area contributed by atoms with Crippen LogP contribution in [0.25, 0.3) is 0 Å². The third kappa shape index (κ3) is 3.74. The summed E-state index contributed by atoms with van der Waals surface area (Å²) in [5, 5.41) is 5.98. The number of benzene rings is 1. The summed E-state index contributed by atoms with van der Waals surface area (Å²) in [7, 11) is 0. The molecule has 1 aromatic heterocycles. The Morgan fingerprint density at radius 2 is 2.05 bits per heavy atom. The van der Waals surface area contributed by atoms with E-state index in [1.165, 1.54) is 0 Å². The molecule has 0 aliphatic rings. The Balaban J connectivity index is 1.90. The van der Waals surface area contributed by atoms with Crippen LogP contribution in [-0.4, -0.2) is 12.5 Å². The highest BCUT2D eigenvalue weighted by atomic mass is 16.3. The van der Waals surface area contributed by atoms with Gasteiger partial charge in [0.15, 0.2) is 0 Å². The predicted molar refractivity (Wildman–Crippen MR) is 75.0 cm³/mol. The van der Waals surface area contributed by atoms with Gasteiger partial charge in [0.05, 0.1) is 12.5 Å². The first-order valence-electron chi connectivity index (χ1n) is 6.03. The first kappa shape index (κ1) is 13.0. The third-order valence-corrected chi connectivity index (χ3v) is 2.63. The molecule has 4 nitrogen and oxygen atoms in total. The SMILES string of the molecule is C=CCNC(=O)c1ccc(NCc2ccoc2)cc1. The van der Waals surface area contributed by atoms with Crippen LogP contribution >= 0.6 is 0 Å². The lowest BCUT2D eigenvalue weighted by Crippen LogP contribution is -2.23. The van der Waals surface area contributed by atoms with E-state index in [9.17, 15) is 4.79 Å². The van der Waals surface area contributed by atoms with Gasteiger partial charge in [-0.2, -0.15) is 0 Å². The second-order valence-corrected chi connectivity index (χ2v) is 4.06. The van der Waals surface area contributed by atoms with Crippen LogP contribution in [0.1, 0.15) is 15.9 Å². The molecule has 98 valence electrons. The molecule has 4 heteroatoms. The van der Waals surface area contributed by atoms with Gasteiger partial charge < -0.3 is 15.1 Å². The molecule has 1 aromatic carbocycles. The van der Waals surface area contributed by atoms with Gasteiger partial charge in [0, 0.05) is 29.9 Å². The molecule has 0 aliphatic heterocycles. The minimum absolute atomic E-state index is 0.0960. The predicted octanol–water partition coefficient (Wildman–Crippen LogP) is 2.81. The van der Waals surface area contributed by atoms with E-state index in [-0.39, 0.29) is 5.91 Å². The maximum atomic E-state index is 11.7. The van der Waals surface area contributed by atoms with Gasteiger partial charge in [0.2, 0.25) is 0 Å². The van der Waals surface area contributed by atoms with E-state index in [0.29, 0.717) is 18.7 Å². The fraction of sp³-hybridized carbons (Fsp3) is 0.133. The maximum absolute atomic E-state index is 11.7.